The van der Waals surface area contributed by atoms with Gasteiger partial charge in [-0.1, -0.05) is 41.8 Å². The number of thiazole rings is 1. The predicted molar refractivity (Wildman–Crippen MR) is 200 cm³/mol. The molecule has 0 fully saturated rings. The highest BCUT2D eigenvalue weighted by atomic mass is 35.5. The second-order valence-corrected chi connectivity index (χ2v) is 13.7. The number of rotatable bonds is 14. The summed E-state index contributed by atoms with van der Waals surface area (Å²) in [5.41, 5.74) is -0.559. The van der Waals surface area contributed by atoms with E-state index in [1.807, 2.05) is 6.07 Å². The first kappa shape index (κ1) is 44.8. The number of nitriles is 1. The summed E-state index contributed by atoms with van der Waals surface area (Å²) in [6.07, 6.45) is 1.66. The monoisotopic (exact) mass is 839 g/mol. The number of aliphatic imine (C=N–C) groups is 1. The summed E-state index contributed by atoms with van der Waals surface area (Å²) in [6, 6.07) is 14.4. The summed E-state index contributed by atoms with van der Waals surface area (Å²) in [5, 5.41) is 30.9. The Labute approximate surface area is 336 Å². The van der Waals surface area contributed by atoms with Crippen LogP contribution in [0, 0.1) is 28.8 Å². The number of nitrogens with one attached hydrogen (secondary N) is 1. The molecule has 2 heterocycles. The minimum absolute atomic E-state index is 0. The van der Waals surface area contributed by atoms with Crippen molar-refractivity contribution in [2.75, 3.05) is 45.7 Å². The molecule has 4 aromatic rings. The minimum Gasteiger partial charge on any atom is -1.00 e. The molecule has 1 aliphatic rings. The lowest BCUT2D eigenvalue weighted by atomic mass is 9.81. The van der Waals surface area contributed by atoms with Crippen molar-refractivity contribution in [3.05, 3.63) is 104 Å². The highest BCUT2D eigenvalue weighted by Crippen LogP contribution is 2.43. The maximum Gasteiger partial charge on any atom is 0.411 e. The molecule has 0 aliphatic carbocycles. The number of benzene rings is 3. The van der Waals surface area contributed by atoms with Crippen LogP contribution in [0.3, 0.4) is 0 Å². The molecule has 0 saturated carbocycles. The molecule has 19 heteroatoms. The van der Waals surface area contributed by atoms with Crippen molar-refractivity contribution in [3.63, 3.8) is 0 Å². The van der Waals surface area contributed by atoms with E-state index in [-0.39, 0.29) is 61.8 Å². The van der Waals surface area contributed by atoms with Crippen LogP contribution in [0.5, 0.6) is 0 Å². The van der Waals surface area contributed by atoms with Crippen LogP contribution in [0.2, 0.25) is 5.02 Å². The highest BCUT2D eigenvalue weighted by Gasteiger charge is 2.49. The number of nitrogens with zero attached hydrogens (tertiary/aromatic N) is 6. The van der Waals surface area contributed by atoms with Gasteiger partial charge in [-0.2, -0.15) is 10.3 Å². The van der Waals surface area contributed by atoms with Gasteiger partial charge >= 0.3 is 12.1 Å². The van der Waals surface area contributed by atoms with Crippen LogP contribution >= 0.6 is 35.3 Å². The zero-order valence-electron chi connectivity index (χ0n) is 29.5. The van der Waals surface area contributed by atoms with Gasteiger partial charge in [0, 0.05) is 39.1 Å². The molecule has 2 N–H and O–H groups in total. The maximum absolute atomic E-state index is 15.5. The number of likely N-dealkylation sites (N-methyl/N-ethyl adjacent to an activating group) is 1. The first-order valence-electron chi connectivity index (χ1n) is 16.0. The van der Waals surface area contributed by atoms with Crippen LogP contribution in [0.4, 0.5) is 23.7 Å². The molecule has 0 spiro atoms. The second kappa shape index (κ2) is 19.3. The topological polar surface area (TPSA) is 150 Å². The lowest BCUT2D eigenvalue weighted by Gasteiger charge is -2.38. The summed E-state index contributed by atoms with van der Waals surface area (Å²) in [7, 11) is 3.42. The molecule has 55 heavy (non-hydrogen) atoms. The van der Waals surface area contributed by atoms with Crippen LogP contribution in [-0.4, -0.2) is 84.7 Å². The Morgan fingerprint density at radius 1 is 1.11 bits per heavy atom. The first-order chi connectivity index (χ1) is 25.2. The average Bonchev–Trinajstić information content (AvgIpc) is 3.79. The number of aliphatic hydroxyl groups is 1. The molecule has 1 aromatic heterocycles. The molecule has 292 valence electrons. The summed E-state index contributed by atoms with van der Waals surface area (Å²) in [5.74, 6) is -5.51. The largest absolute Gasteiger partial charge is 1.00 e. The zero-order chi connectivity index (χ0) is 38.3. The van der Waals surface area contributed by atoms with Crippen LogP contribution in [0.15, 0.2) is 70.1 Å². The number of halogens is 6. The van der Waals surface area contributed by atoms with Gasteiger partial charge in [0.05, 0.1) is 34.6 Å². The lowest BCUT2D eigenvalue weighted by molar-refractivity contribution is -0.848. The second-order valence-electron chi connectivity index (χ2n) is 12.4. The molecular weight excluding hydrogens is 806 g/mol. The Bertz CT molecular complexity index is 2090. The standard InChI is InChI=1S/C36H33ClF3N7O5S.2ClH/c1-22(34-44-32(18-53-34)24-9-7-23(15-41)8-10-24)36(50,26-13-29(39)30(40)14-28(26)38)19-47(21-42-20-43-47)11-12-51-35(49)45-31-6-4-5-27(37)25(31)17-52-33(48)16-46(2)3;;/h4-10,13-14,18,20-22,50H,11-12,16-17,19H2,1-3H3;2*1H/t22-,36+,47?;;/m0../s1. The number of esters is 1. The van der Waals surface area contributed by atoms with E-state index < -0.39 is 57.7 Å². The third-order valence-electron chi connectivity index (χ3n) is 8.43. The van der Waals surface area contributed by atoms with E-state index in [1.54, 1.807) is 73.8 Å². The molecule has 1 aliphatic heterocycles. The Kier molecular flexibility index (Phi) is 15.7. The molecule has 3 aromatic carbocycles. The Balaban J connectivity index is 0.00000406. The van der Waals surface area contributed by atoms with Gasteiger partial charge in [-0.05, 0) is 44.4 Å². The quantitative estimate of drug-likeness (QED) is 0.111. The van der Waals surface area contributed by atoms with Crippen LogP contribution < -0.4 is 17.7 Å². The van der Waals surface area contributed by atoms with Gasteiger partial charge in [0.25, 0.3) is 0 Å². The predicted octanol–water partition coefficient (Wildman–Crippen LogP) is 3.83. The van der Waals surface area contributed by atoms with Crippen LogP contribution in [-0.2, 0) is 26.5 Å². The number of aromatic nitrogens is 1. The number of carbonyl (C=O) groups is 2. The number of ether oxygens (including phenoxy) is 2. The maximum atomic E-state index is 15.5. The van der Waals surface area contributed by atoms with Crippen molar-refractivity contribution in [1.29, 1.82) is 5.26 Å². The summed E-state index contributed by atoms with van der Waals surface area (Å²) >= 11 is 7.49. The molecule has 3 atom stereocenters. The van der Waals surface area contributed by atoms with E-state index in [1.165, 1.54) is 12.7 Å². The number of quaternary nitrogens is 1. The Hall–Kier alpha value is -4.60. The molecule has 1 amide bonds. The molecular formula is C36H35Cl3F3N7O5S. The molecule has 12 nitrogen and oxygen atoms in total. The van der Waals surface area contributed by atoms with E-state index in [2.05, 4.69) is 20.4 Å². The molecule has 0 saturated heterocycles. The smallest absolute Gasteiger partial charge is 0.411 e. The van der Waals surface area contributed by atoms with E-state index in [4.69, 9.17) is 26.3 Å². The zero-order valence-corrected chi connectivity index (χ0v) is 32.7. The molecule has 1 unspecified atom stereocenters. The summed E-state index contributed by atoms with van der Waals surface area (Å²) < 4.78 is 54.5. The van der Waals surface area contributed by atoms with Crippen LogP contribution in [0.1, 0.15) is 34.5 Å². The number of hydrogen-bond acceptors (Lipinski definition) is 11. The normalized spacial score (nSPS) is 16.0. The fourth-order valence-electron chi connectivity index (χ4n) is 5.58. The van der Waals surface area contributed by atoms with Crippen LogP contribution in [0.25, 0.3) is 11.3 Å². The molecule has 5 rings (SSSR count). The van der Waals surface area contributed by atoms with Gasteiger partial charge in [-0.3, -0.25) is 15.0 Å². The van der Waals surface area contributed by atoms with Crippen molar-refractivity contribution in [2.45, 2.75) is 25.0 Å². The average molecular weight is 841 g/mol. The van der Waals surface area contributed by atoms with E-state index in [0.717, 1.165) is 11.3 Å². The Morgan fingerprint density at radius 2 is 1.82 bits per heavy atom. The van der Waals surface area contributed by atoms with Crippen molar-refractivity contribution in [2.24, 2.45) is 10.1 Å². The molecule has 0 radical (unpaired) electrons. The highest BCUT2D eigenvalue weighted by molar-refractivity contribution is 7.10. The number of amides is 1. The van der Waals surface area contributed by atoms with Crippen molar-refractivity contribution in [1.82, 2.24) is 9.88 Å². The summed E-state index contributed by atoms with van der Waals surface area (Å²) in [6.45, 7) is 0.531. The lowest BCUT2D eigenvalue weighted by Crippen LogP contribution is -3.00. The molecule has 0 bridgehead atoms. The number of hydrogen-bond donors (Lipinski definition) is 2. The first-order valence-corrected chi connectivity index (χ1v) is 17.3. The fraction of sp³-hybridized carbons (Fsp3) is 0.278. The minimum atomic E-state index is -2.27. The van der Waals surface area contributed by atoms with E-state index in [9.17, 15) is 23.5 Å². The Morgan fingerprint density at radius 3 is 2.47 bits per heavy atom. The van der Waals surface area contributed by atoms with Crippen molar-refractivity contribution in [3.8, 4) is 17.3 Å². The van der Waals surface area contributed by atoms with E-state index >= 15 is 4.39 Å². The number of anilines is 1. The van der Waals surface area contributed by atoms with E-state index in [0.29, 0.717) is 39.5 Å². The number of carbonyl (C=O) groups excluding carboxylic acids is 2. The van der Waals surface area contributed by atoms with Gasteiger partial charge < -0.3 is 27.0 Å². The fourth-order valence-corrected chi connectivity index (χ4v) is 6.78. The van der Waals surface area contributed by atoms with Crippen molar-refractivity contribution >= 4 is 65.8 Å². The third kappa shape index (κ3) is 10.8. The SMILES string of the molecule is C[C@@H](c1nc(-c2ccc(C#N)cc2)cs1)[C@](O)(C[N+]1(CCOC(=O)Nc2cccc(Cl)c2COC(=O)CN(C)C)C=NC=N1)c1cc(F)c(F)cc1F.Cl.[Cl-]. The van der Waals surface area contributed by atoms with Crippen molar-refractivity contribution < 1.29 is 54.3 Å². The third-order valence-corrected chi connectivity index (χ3v) is 9.81. The van der Waals surface area contributed by atoms with Gasteiger partial charge in [0.15, 0.2) is 23.6 Å². The summed E-state index contributed by atoms with van der Waals surface area (Å²) in [4.78, 5) is 35.4. The van der Waals surface area contributed by atoms with Gasteiger partial charge in [-0.15, -0.1) is 28.3 Å². The van der Waals surface area contributed by atoms with Gasteiger partial charge in [0.2, 0.25) is 6.34 Å². The van der Waals surface area contributed by atoms with Gasteiger partial charge in [-0.25, -0.2) is 22.9 Å². The van der Waals surface area contributed by atoms with Gasteiger partial charge in [0.1, 0.15) is 32.1 Å².